The second-order valence-electron chi connectivity index (χ2n) is 4.82. The number of nitrogens with one attached hydrogen (secondary N) is 1. The summed E-state index contributed by atoms with van der Waals surface area (Å²) >= 11 is 0. The highest BCUT2D eigenvalue weighted by Crippen LogP contribution is 2.48. The number of amidine groups is 1. The lowest BCUT2D eigenvalue weighted by atomic mass is 9.78. The maximum Gasteiger partial charge on any atom is 0.400 e. The van der Waals surface area contributed by atoms with Gasteiger partial charge in [0.05, 0.1) is 5.84 Å². The first-order valence-electron chi connectivity index (χ1n) is 5.90. The molecule has 1 N–H and O–H groups in total. The number of hydrogen-bond acceptors (Lipinski definition) is 1. The molecule has 2 rings (SSSR count). The van der Waals surface area contributed by atoms with Crippen LogP contribution in [-0.4, -0.2) is 30.0 Å². The van der Waals surface area contributed by atoms with E-state index in [1.165, 1.54) is 30.0 Å². The Balaban J connectivity index is 2.50. The molecule has 1 aliphatic heterocycles. The van der Waals surface area contributed by atoms with Crippen molar-refractivity contribution in [3.63, 3.8) is 0 Å². The van der Waals surface area contributed by atoms with Gasteiger partial charge in [0.2, 0.25) is 0 Å². The molecule has 19 heavy (non-hydrogen) atoms. The molecule has 0 bridgehead atoms. The fraction of sp³-hybridized carbons (Fsp3) is 0.462. The molecule has 1 unspecified atom stereocenters. The number of alkyl halides is 3. The van der Waals surface area contributed by atoms with Crippen molar-refractivity contribution >= 4 is 5.84 Å². The van der Waals surface area contributed by atoms with Gasteiger partial charge in [-0.2, -0.15) is 13.2 Å². The zero-order valence-corrected chi connectivity index (χ0v) is 10.4. The summed E-state index contributed by atoms with van der Waals surface area (Å²) in [5.74, 6) is -0.772. The highest BCUT2D eigenvalue weighted by atomic mass is 19.4. The molecule has 6 heteroatoms. The average molecular weight is 274 g/mol. The van der Waals surface area contributed by atoms with E-state index >= 15 is 0 Å². The van der Waals surface area contributed by atoms with Crippen LogP contribution in [0, 0.1) is 11.2 Å². The fourth-order valence-corrected chi connectivity index (χ4v) is 2.55. The monoisotopic (exact) mass is 274 g/mol. The molecule has 1 fully saturated rings. The Labute approximate surface area is 108 Å². The van der Waals surface area contributed by atoms with Crippen molar-refractivity contribution in [2.45, 2.75) is 24.9 Å². The predicted molar refractivity (Wildman–Crippen MR) is 63.7 cm³/mol. The van der Waals surface area contributed by atoms with E-state index < -0.39 is 24.0 Å². The third-order valence-electron chi connectivity index (χ3n) is 3.68. The van der Waals surface area contributed by atoms with Gasteiger partial charge in [-0.1, -0.05) is 18.2 Å². The highest BCUT2D eigenvalue weighted by molar-refractivity contribution is 5.77. The van der Waals surface area contributed by atoms with Crippen molar-refractivity contribution in [2.24, 2.45) is 0 Å². The van der Waals surface area contributed by atoms with Crippen LogP contribution in [-0.2, 0) is 5.41 Å². The molecule has 104 valence electrons. The topological polar surface area (TPSA) is 27.1 Å². The molecule has 1 aromatic rings. The molecule has 0 radical (unpaired) electrons. The minimum atomic E-state index is -4.54. The number of hydrogen-bond donors (Lipinski definition) is 1. The zero-order chi connectivity index (χ0) is 14.3. The molecule has 2 nitrogen and oxygen atoms in total. The van der Waals surface area contributed by atoms with E-state index in [1.807, 2.05) is 0 Å². The smallest absolute Gasteiger partial charge is 0.360 e. The summed E-state index contributed by atoms with van der Waals surface area (Å²) in [6, 6.07) is 5.01. The van der Waals surface area contributed by atoms with Crippen molar-refractivity contribution in [1.82, 2.24) is 4.90 Å². The van der Waals surface area contributed by atoms with Gasteiger partial charge in [-0.3, -0.25) is 5.41 Å². The van der Waals surface area contributed by atoms with Crippen LogP contribution in [0.3, 0.4) is 0 Å². The quantitative estimate of drug-likeness (QED) is 0.474. The second kappa shape index (κ2) is 4.51. The van der Waals surface area contributed by atoms with Crippen LogP contribution in [0.2, 0.25) is 0 Å². The lowest BCUT2D eigenvalue weighted by Gasteiger charge is -2.32. The van der Waals surface area contributed by atoms with Crippen LogP contribution in [0.4, 0.5) is 17.6 Å². The van der Waals surface area contributed by atoms with Gasteiger partial charge in [0.15, 0.2) is 0 Å². The van der Waals surface area contributed by atoms with Gasteiger partial charge in [-0.05, 0) is 19.4 Å². The van der Waals surface area contributed by atoms with Crippen LogP contribution in [0.25, 0.3) is 0 Å². The van der Waals surface area contributed by atoms with Gasteiger partial charge in [-0.15, -0.1) is 0 Å². The summed E-state index contributed by atoms with van der Waals surface area (Å²) in [5, 5.41) is 7.45. The van der Waals surface area contributed by atoms with Crippen molar-refractivity contribution < 1.29 is 17.6 Å². The maximum atomic E-state index is 13.8. The van der Waals surface area contributed by atoms with E-state index in [9.17, 15) is 17.6 Å². The van der Waals surface area contributed by atoms with Crippen molar-refractivity contribution in [2.75, 3.05) is 13.1 Å². The van der Waals surface area contributed by atoms with E-state index in [4.69, 9.17) is 5.41 Å². The summed E-state index contributed by atoms with van der Waals surface area (Å²) in [4.78, 5) is 1.33. The first-order valence-corrected chi connectivity index (χ1v) is 5.90. The van der Waals surface area contributed by atoms with Crippen molar-refractivity contribution in [3.05, 3.63) is 35.6 Å². The average Bonchev–Trinajstić information content (AvgIpc) is 2.75. The Hall–Kier alpha value is -1.59. The number of rotatable bonds is 1. The second-order valence-corrected chi connectivity index (χ2v) is 4.82. The molecule has 0 saturated carbocycles. The molecule has 1 heterocycles. The molecule has 1 aromatic carbocycles. The summed E-state index contributed by atoms with van der Waals surface area (Å²) in [6.45, 7) is 1.16. The predicted octanol–water partition coefficient (Wildman–Crippen LogP) is 3.33. The largest absolute Gasteiger partial charge is 0.400 e. The lowest BCUT2D eigenvalue weighted by Crippen LogP contribution is -2.45. The van der Waals surface area contributed by atoms with Crippen LogP contribution >= 0.6 is 0 Å². The number of halogens is 4. The normalized spacial score (nSPS) is 23.7. The highest BCUT2D eigenvalue weighted by Gasteiger charge is 2.60. The molecule has 1 aliphatic rings. The molecular weight excluding hydrogens is 260 g/mol. The minimum Gasteiger partial charge on any atom is -0.360 e. The summed E-state index contributed by atoms with van der Waals surface area (Å²) in [6.07, 6.45) is -4.77. The molecule has 0 aliphatic carbocycles. The third kappa shape index (κ3) is 2.19. The third-order valence-corrected chi connectivity index (χ3v) is 3.68. The van der Waals surface area contributed by atoms with E-state index in [1.54, 1.807) is 0 Å². The molecule has 1 saturated heterocycles. The Morgan fingerprint density at radius 1 is 1.32 bits per heavy atom. The molecule has 0 aromatic heterocycles. The SMILES string of the molecule is CC(=N)N1CCC(c2ccccc2F)(C(F)(F)F)C1. The van der Waals surface area contributed by atoms with Crippen molar-refractivity contribution in [3.8, 4) is 0 Å². The molecule has 0 amide bonds. The summed E-state index contributed by atoms with van der Waals surface area (Å²) in [7, 11) is 0. The Bertz CT molecular complexity index is 498. The minimum absolute atomic E-state index is 0.0717. The van der Waals surface area contributed by atoms with Crippen LogP contribution in [0.5, 0.6) is 0 Å². The van der Waals surface area contributed by atoms with E-state index in [-0.39, 0.29) is 24.4 Å². The molecular formula is C13H14F4N2. The Morgan fingerprint density at radius 3 is 2.42 bits per heavy atom. The summed E-state index contributed by atoms with van der Waals surface area (Å²) < 4.78 is 54.1. The van der Waals surface area contributed by atoms with Gasteiger partial charge in [0.25, 0.3) is 0 Å². The summed E-state index contributed by atoms with van der Waals surface area (Å²) in [5.41, 5.74) is -2.55. The Morgan fingerprint density at radius 2 is 1.95 bits per heavy atom. The van der Waals surface area contributed by atoms with E-state index in [2.05, 4.69) is 0 Å². The Kier molecular flexibility index (Phi) is 3.28. The molecule has 1 atom stereocenters. The first kappa shape index (κ1) is 13.8. The maximum absolute atomic E-state index is 13.8. The van der Waals surface area contributed by atoms with Crippen LogP contribution < -0.4 is 0 Å². The van der Waals surface area contributed by atoms with Gasteiger partial charge < -0.3 is 4.90 Å². The number of nitrogens with zero attached hydrogens (tertiary/aromatic N) is 1. The number of likely N-dealkylation sites (tertiary alicyclic amines) is 1. The van der Waals surface area contributed by atoms with Crippen LogP contribution in [0.15, 0.2) is 24.3 Å². The van der Waals surface area contributed by atoms with Gasteiger partial charge in [-0.25, -0.2) is 4.39 Å². The zero-order valence-electron chi connectivity index (χ0n) is 10.4. The van der Waals surface area contributed by atoms with Crippen LogP contribution in [0.1, 0.15) is 18.9 Å². The van der Waals surface area contributed by atoms with Gasteiger partial charge in [0.1, 0.15) is 11.2 Å². The number of benzene rings is 1. The fourth-order valence-electron chi connectivity index (χ4n) is 2.55. The van der Waals surface area contributed by atoms with Crippen molar-refractivity contribution in [1.29, 1.82) is 5.41 Å². The van der Waals surface area contributed by atoms with E-state index in [0.717, 1.165) is 6.07 Å². The lowest BCUT2D eigenvalue weighted by molar-refractivity contribution is -0.187. The standard InChI is InChI=1S/C13H14F4N2/c1-9(18)19-7-6-12(8-19,13(15,16)17)10-4-2-3-5-11(10)14/h2-5,18H,6-8H2,1H3. The van der Waals surface area contributed by atoms with Gasteiger partial charge >= 0.3 is 6.18 Å². The van der Waals surface area contributed by atoms with Gasteiger partial charge in [0, 0.05) is 18.7 Å². The van der Waals surface area contributed by atoms with E-state index in [0.29, 0.717) is 0 Å². The molecule has 0 spiro atoms. The first-order chi connectivity index (χ1) is 8.78.